The van der Waals surface area contributed by atoms with Gasteiger partial charge in [0.05, 0.1) is 29.5 Å². The van der Waals surface area contributed by atoms with Crippen molar-refractivity contribution in [2.24, 2.45) is 10.9 Å². The summed E-state index contributed by atoms with van der Waals surface area (Å²) in [6.07, 6.45) is 0. The maximum atomic E-state index is 8.89. The Kier molecular flexibility index (Phi) is 3.27. The highest BCUT2D eigenvalue weighted by Gasteiger charge is 2.23. The lowest BCUT2D eigenvalue weighted by molar-refractivity contribution is 0.0455. The maximum Gasteiger partial charge on any atom is 0.172 e. The third kappa shape index (κ3) is 2.36. The van der Waals surface area contributed by atoms with E-state index in [9.17, 15) is 0 Å². The topological polar surface area (TPSA) is 80.7 Å². The number of para-hydroxylation sites is 1. The van der Waals surface area contributed by atoms with Crippen molar-refractivity contribution >= 4 is 28.5 Å². The number of rotatable bonds is 3. The summed E-state index contributed by atoms with van der Waals surface area (Å²) in [6, 6.07) is 9.69. The molecule has 3 N–H and O–H groups in total. The van der Waals surface area contributed by atoms with E-state index in [-0.39, 0.29) is 5.84 Å². The van der Waals surface area contributed by atoms with Gasteiger partial charge in [-0.15, -0.1) is 0 Å². The molecule has 0 atom stereocenters. The number of thioether (sulfide) groups is 1. The summed E-state index contributed by atoms with van der Waals surface area (Å²) in [6.45, 7) is 1.43. The minimum atomic E-state index is 0.0843. The second kappa shape index (κ2) is 5.07. The molecule has 0 aliphatic carbocycles. The highest BCUT2D eigenvalue weighted by atomic mass is 32.2. The minimum absolute atomic E-state index is 0.0843. The molecule has 5 nitrogen and oxygen atoms in total. The fraction of sp³-hybridized carbons (Fsp3) is 0.231. The third-order valence-electron chi connectivity index (χ3n) is 2.96. The SMILES string of the molecule is NC(=NO)c1cc2ccccc2nc1SC1COC1. The number of ether oxygens (including phenoxy) is 1. The number of nitrogens with zero attached hydrogens (tertiary/aromatic N) is 2. The molecule has 1 fully saturated rings. The van der Waals surface area contributed by atoms with E-state index in [0.29, 0.717) is 10.8 Å². The van der Waals surface area contributed by atoms with Crippen LogP contribution >= 0.6 is 11.8 Å². The van der Waals surface area contributed by atoms with Crippen molar-refractivity contribution in [2.45, 2.75) is 10.3 Å². The normalized spacial score (nSPS) is 16.5. The first kappa shape index (κ1) is 12.3. The number of benzene rings is 1. The average molecular weight is 275 g/mol. The average Bonchev–Trinajstić information content (AvgIpc) is 2.41. The van der Waals surface area contributed by atoms with E-state index in [4.69, 9.17) is 15.7 Å². The number of hydrogen-bond donors (Lipinski definition) is 2. The lowest BCUT2D eigenvalue weighted by atomic mass is 10.1. The van der Waals surface area contributed by atoms with E-state index < -0.39 is 0 Å². The zero-order chi connectivity index (χ0) is 13.2. The first-order valence-electron chi connectivity index (χ1n) is 5.90. The zero-order valence-corrected chi connectivity index (χ0v) is 10.9. The van der Waals surface area contributed by atoms with Crippen LogP contribution in [-0.2, 0) is 4.74 Å². The van der Waals surface area contributed by atoms with Crippen molar-refractivity contribution in [3.63, 3.8) is 0 Å². The summed E-state index contributed by atoms with van der Waals surface area (Å²) < 4.78 is 5.16. The smallest absolute Gasteiger partial charge is 0.172 e. The van der Waals surface area contributed by atoms with Crippen LogP contribution < -0.4 is 5.73 Å². The molecule has 0 radical (unpaired) electrons. The Labute approximate surface area is 114 Å². The van der Waals surface area contributed by atoms with Crippen LogP contribution in [-0.4, -0.2) is 34.5 Å². The lowest BCUT2D eigenvalue weighted by Crippen LogP contribution is -2.30. The van der Waals surface area contributed by atoms with Gasteiger partial charge in [0, 0.05) is 5.39 Å². The molecule has 2 heterocycles. The molecule has 3 rings (SSSR count). The molecule has 2 aromatic rings. The van der Waals surface area contributed by atoms with E-state index in [1.54, 1.807) is 11.8 Å². The standard InChI is InChI=1S/C13H13N3O2S/c14-12(16-17)10-5-8-3-1-2-4-11(8)15-13(10)19-9-6-18-7-9/h1-5,9,17H,6-7H2,(H2,14,16). The molecule has 1 aliphatic heterocycles. The Morgan fingerprint density at radius 3 is 2.89 bits per heavy atom. The summed E-state index contributed by atoms with van der Waals surface area (Å²) in [7, 11) is 0. The van der Waals surface area contributed by atoms with Gasteiger partial charge in [-0.25, -0.2) is 4.98 Å². The highest BCUT2D eigenvalue weighted by Crippen LogP contribution is 2.31. The van der Waals surface area contributed by atoms with Crippen molar-refractivity contribution in [1.29, 1.82) is 0 Å². The lowest BCUT2D eigenvalue weighted by Gasteiger charge is -2.25. The third-order valence-corrected chi connectivity index (χ3v) is 4.10. The quantitative estimate of drug-likeness (QED) is 0.386. The van der Waals surface area contributed by atoms with E-state index >= 15 is 0 Å². The Morgan fingerprint density at radius 1 is 1.42 bits per heavy atom. The molecule has 1 saturated heterocycles. The summed E-state index contributed by atoms with van der Waals surface area (Å²) in [5.41, 5.74) is 7.30. The molecule has 98 valence electrons. The number of nitrogens with two attached hydrogens (primary N) is 1. The molecule has 0 saturated carbocycles. The molecular formula is C13H13N3O2S. The second-order valence-electron chi connectivity index (χ2n) is 4.30. The highest BCUT2D eigenvalue weighted by molar-refractivity contribution is 8.00. The van der Waals surface area contributed by atoms with Crippen LogP contribution in [0.15, 0.2) is 40.5 Å². The fourth-order valence-electron chi connectivity index (χ4n) is 1.87. The Balaban J connectivity index is 2.09. The number of amidine groups is 1. The largest absolute Gasteiger partial charge is 0.409 e. The van der Waals surface area contributed by atoms with Crippen molar-refractivity contribution in [1.82, 2.24) is 4.98 Å². The van der Waals surface area contributed by atoms with Crippen LogP contribution in [0.1, 0.15) is 5.56 Å². The Bertz CT molecular complexity index is 641. The van der Waals surface area contributed by atoms with Gasteiger partial charge in [-0.05, 0) is 12.1 Å². The van der Waals surface area contributed by atoms with E-state index in [0.717, 1.165) is 29.1 Å². The van der Waals surface area contributed by atoms with Gasteiger partial charge in [0.2, 0.25) is 0 Å². The van der Waals surface area contributed by atoms with Gasteiger partial charge in [-0.3, -0.25) is 0 Å². The number of hydrogen-bond acceptors (Lipinski definition) is 5. The van der Waals surface area contributed by atoms with Crippen LogP contribution in [0.25, 0.3) is 10.9 Å². The minimum Gasteiger partial charge on any atom is -0.409 e. The number of fused-ring (bicyclic) bond motifs is 1. The molecule has 19 heavy (non-hydrogen) atoms. The summed E-state index contributed by atoms with van der Waals surface area (Å²) >= 11 is 1.61. The van der Waals surface area contributed by atoms with E-state index in [2.05, 4.69) is 10.1 Å². The fourth-order valence-corrected chi connectivity index (χ4v) is 2.95. The van der Waals surface area contributed by atoms with Gasteiger partial charge in [0.1, 0.15) is 5.03 Å². The number of aromatic nitrogens is 1. The van der Waals surface area contributed by atoms with E-state index in [1.165, 1.54) is 0 Å². The monoisotopic (exact) mass is 275 g/mol. The van der Waals surface area contributed by atoms with Crippen LogP contribution in [0, 0.1) is 0 Å². The van der Waals surface area contributed by atoms with Crippen molar-refractivity contribution in [3.8, 4) is 0 Å². The predicted molar refractivity (Wildman–Crippen MR) is 74.7 cm³/mol. The maximum absolute atomic E-state index is 8.89. The summed E-state index contributed by atoms with van der Waals surface area (Å²) in [4.78, 5) is 4.60. The van der Waals surface area contributed by atoms with Crippen LogP contribution in [0.4, 0.5) is 0 Å². The molecule has 0 spiro atoms. The molecule has 1 aliphatic rings. The molecular weight excluding hydrogens is 262 g/mol. The first-order valence-corrected chi connectivity index (χ1v) is 6.78. The van der Waals surface area contributed by atoms with Gasteiger partial charge in [0.15, 0.2) is 5.84 Å². The second-order valence-corrected chi connectivity index (χ2v) is 5.59. The molecule has 0 bridgehead atoms. The van der Waals surface area contributed by atoms with Crippen molar-refractivity contribution < 1.29 is 9.94 Å². The molecule has 0 amide bonds. The van der Waals surface area contributed by atoms with Gasteiger partial charge < -0.3 is 15.7 Å². The van der Waals surface area contributed by atoms with Crippen LogP contribution in [0.5, 0.6) is 0 Å². The number of pyridine rings is 1. The van der Waals surface area contributed by atoms with Gasteiger partial charge >= 0.3 is 0 Å². The molecule has 1 aromatic heterocycles. The van der Waals surface area contributed by atoms with Gasteiger partial charge in [-0.1, -0.05) is 35.1 Å². The summed E-state index contributed by atoms with van der Waals surface area (Å²) in [5.74, 6) is 0.0843. The Hall–Kier alpha value is -1.79. The number of oxime groups is 1. The Morgan fingerprint density at radius 2 is 2.21 bits per heavy atom. The van der Waals surface area contributed by atoms with Crippen molar-refractivity contribution in [3.05, 3.63) is 35.9 Å². The predicted octanol–water partition coefficient (Wildman–Crippen LogP) is 1.82. The van der Waals surface area contributed by atoms with Crippen LogP contribution in [0.3, 0.4) is 0 Å². The van der Waals surface area contributed by atoms with Crippen LogP contribution in [0.2, 0.25) is 0 Å². The molecule has 1 aromatic carbocycles. The van der Waals surface area contributed by atoms with Crippen molar-refractivity contribution in [2.75, 3.05) is 13.2 Å². The zero-order valence-electron chi connectivity index (χ0n) is 10.1. The summed E-state index contributed by atoms with van der Waals surface area (Å²) in [5, 5.41) is 14.1. The van der Waals surface area contributed by atoms with Gasteiger partial charge in [0.25, 0.3) is 0 Å². The first-order chi connectivity index (χ1) is 9.28. The van der Waals surface area contributed by atoms with E-state index in [1.807, 2.05) is 30.3 Å². The van der Waals surface area contributed by atoms with Gasteiger partial charge in [-0.2, -0.15) is 0 Å². The molecule has 0 unspecified atom stereocenters. The molecule has 6 heteroatoms.